The Morgan fingerprint density at radius 1 is 1.12 bits per heavy atom. The summed E-state index contributed by atoms with van der Waals surface area (Å²) < 4.78 is 8.29. The van der Waals surface area contributed by atoms with Crippen molar-refractivity contribution in [3.05, 3.63) is 44.9 Å². The van der Waals surface area contributed by atoms with Gasteiger partial charge in [-0.25, -0.2) is 0 Å². The molecule has 145 valence electrons. The van der Waals surface area contributed by atoms with Gasteiger partial charge in [-0.3, -0.25) is 0 Å². The fraction of sp³-hybridized carbons (Fsp3) is 0.636. The van der Waals surface area contributed by atoms with Crippen LogP contribution < -0.4 is 24.8 Å². The first kappa shape index (κ1) is 26.2. The van der Waals surface area contributed by atoms with E-state index in [2.05, 4.69) is 100 Å². The smallest absolute Gasteiger partial charge is 1.00 e. The van der Waals surface area contributed by atoms with Gasteiger partial charge in [-0.15, -0.1) is 0 Å². The fourth-order valence-electron chi connectivity index (χ4n) is 4.20. The second kappa shape index (κ2) is 9.14. The van der Waals surface area contributed by atoms with E-state index in [1.165, 1.54) is 20.6 Å². The first-order valence-electron chi connectivity index (χ1n) is 9.11. The van der Waals surface area contributed by atoms with E-state index in [-0.39, 0.29) is 47.3 Å². The average Bonchev–Trinajstić information content (AvgIpc) is 2.86. The molecule has 0 aromatic rings. The quantitative estimate of drug-likeness (QED) is 0.580. The minimum absolute atomic E-state index is 0. The Labute approximate surface area is 185 Å². The van der Waals surface area contributed by atoms with E-state index in [1.54, 1.807) is 0 Å². The van der Waals surface area contributed by atoms with Gasteiger partial charge in [0.1, 0.15) is 0 Å². The molecule has 0 radical (unpaired) electrons. The van der Waals surface area contributed by atoms with Crippen molar-refractivity contribution in [1.29, 1.82) is 0 Å². The first-order chi connectivity index (χ1) is 10.9. The third-order valence-corrected chi connectivity index (χ3v) is 6.12. The molecule has 0 aromatic heterocycles. The van der Waals surface area contributed by atoms with Gasteiger partial charge in [0.05, 0.1) is 0 Å². The largest absolute Gasteiger partial charge is 1.00 e. The monoisotopic (exact) mass is 431 g/mol. The van der Waals surface area contributed by atoms with E-state index in [9.17, 15) is 0 Å². The minimum Gasteiger partial charge on any atom is -1.00 e. The van der Waals surface area contributed by atoms with E-state index in [0.29, 0.717) is 0 Å². The zero-order valence-corrected chi connectivity index (χ0v) is 20.5. The van der Waals surface area contributed by atoms with E-state index in [1.807, 2.05) is 0 Å². The van der Waals surface area contributed by atoms with Crippen LogP contribution in [0.5, 0.6) is 0 Å². The predicted octanol–water partition coefficient (Wildman–Crippen LogP) is 0.268. The second-order valence-electron chi connectivity index (χ2n) is 9.08. The van der Waals surface area contributed by atoms with Crippen molar-refractivity contribution in [2.24, 2.45) is 10.8 Å². The van der Waals surface area contributed by atoms with Crippen molar-refractivity contribution in [2.45, 2.75) is 79.9 Å². The minimum atomic E-state index is -0.301. The van der Waals surface area contributed by atoms with Crippen molar-refractivity contribution >= 4 is 0 Å². The molecular weight excluding hydrogens is 399 g/mol. The molecule has 0 saturated heterocycles. The summed E-state index contributed by atoms with van der Waals surface area (Å²) in [4.78, 5) is 0. The molecule has 2 rings (SSSR count). The molecule has 0 spiro atoms. The molecule has 0 amide bonds. The van der Waals surface area contributed by atoms with E-state index < -0.39 is 0 Å². The van der Waals surface area contributed by atoms with Crippen LogP contribution in [-0.2, 0) is 25.2 Å². The molecule has 1 nitrogen and oxygen atoms in total. The van der Waals surface area contributed by atoms with Crippen LogP contribution >= 0.6 is 0 Å². The summed E-state index contributed by atoms with van der Waals surface area (Å²) in [5.74, 6) is 0. The third kappa shape index (κ3) is 4.79. The molecule has 0 heterocycles. The van der Waals surface area contributed by atoms with Crippen molar-refractivity contribution in [3.63, 3.8) is 0 Å². The second-order valence-corrected chi connectivity index (χ2v) is 10.0. The molecule has 0 aromatic carbocycles. The Morgan fingerprint density at radius 3 is 2.12 bits per heavy atom. The molecule has 2 aliphatic carbocycles. The van der Waals surface area contributed by atoms with Gasteiger partial charge in [0.15, 0.2) is 0 Å². The normalized spacial score (nSPS) is 23.5. The summed E-state index contributed by atoms with van der Waals surface area (Å²) in [6, 6.07) is 0. The Hall–Kier alpha value is 0.214. The van der Waals surface area contributed by atoms with Gasteiger partial charge >= 0.3 is 161 Å². The number of hydrogen-bond acceptors (Lipinski definition) is 1. The summed E-state index contributed by atoms with van der Waals surface area (Å²) in [7, 11) is 0. The Bertz CT molecular complexity index is 633. The molecular formula is C22H33Cl2OTi. The maximum atomic E-state index is 6.81. The summed E-state index contributed by atoms with van der Waals surface area (Å²) >= 11 is 2.27. The molecule has 0 bridgehead atoms. The Morgan fingerprint density at radius 2 is 1.69 bits per heavy atom. The molecule has 1 unspecified atom stereocenters. The van der Waals surface area contributed by atoms with Gasteiger partial charge in [-0.2, -0.15) is 0 Å². The molecule has 2 aliphatic rings. The zero-order chi connectivity index (χ0) is 18.3. The maximum absolute atomic E-state index is 6.81. The molecule has 0 saturated carbocycles. The summed E-state index contributed by atoms with van der Waals surface area (Å²) in [5.41, 5.74) is 3.92. The van der Waals surface area contributed by atoms with Crippen molar-refractivity contribution in [2.75, 3.05) is 0 Å². The summed E-state index contributed by atoms with van der Waals surface area (Å²) in [5, 5.41) is 0. The van der Waals surface area contributed by atoms with E-state index >= 15 is 0 Å². The van der Waals surface area contributed by atoms with Crippen molar-refractivity contribution < 1.29 is 50.0 Å². The number of halogens is 2. The number of allylic oxidation sites excluding steroid dienone is 5. The van der Waals surface area contributed by atoms with E-state index in [0.717, 1.165) is 12.8 Å². The van der Waals surface area contributed by atoms with Crippen LogP contribution in [0.4, 0.5) is 0 Å². The van der Waals surface area contributed by atoms with E-state index in [4.69, 9.17) is 4.74 Å². The summed E-state index contributed by atoms with van der Waals surface area (Å²) in [6.45, 7) is 18.2. The van der Waals surface area contributed by atoms with Crippen molar-refractivity contribution in [1.82, 2.24) is 0 Å². The van der Waals surface area contributed by atoms with Gasteiger partial charge in [0, 0.05) is 0 Å². The molecule has 26 heavy (non-hydrogen) atoms. The Balaban J connectivity index is 0.00000312. The topological polar surface area (TPSA) is 9.23 Å². The number of rotatable bonds is 4. The molecule has 4 heteroatoms. The third-order valence-electron chi connectivity index (χ3n) is 5.38. The predicted molar refractivity (Wildman–Crippen MR) is 99.4 cm³/mol. The molecule has 0 N–H and O–H groups in total. The van der Waals surface area contributed by atoms with Crippen LogP contribution in [-0.4, -0.2) is 11.7 Å². The summed E-state index contributed by atoms with van der Waals surface area (Å²) in [6.07, 6.45) is 11.5. The van der Waals surface area contributed by atoms with Crippen LogP contribution in [0, 0.1) is 10.8 Å². The first-order valence-corrected chi connectivity index (χ1v) is 9.89. The van der Waals surface area contributed by atoms with Crippen LogP contribution in [0.15, 0.2) is 44.9 Å². The standard InChI is InChI=1S/C22H33O.2ClH.Ti/c1-16(2)23-22(21(7,8)18-11-9-10-12-18)14-13-17(3)15-19(22)20(4,5)6;;;/h9,11,13,15-16H,10,14H2,1-8H3;2*1H;/q;;;+2/p-2. The zero-order valence-electron chi connectivity index (χ0n) is 17.5. The number of hydrogen-bond donors (Lipinski definition) is 0. The Kier molecular flexibility index (Phi) is 9.22. The van der Waals surface area contributed by atoms with Crippen molar-refractivity contribution in [3.8, 4) is 0 Å². The van der Waals surface area contributed by atoms with Gasteiger partial charge in [-0.05, 0) is 0 Å². The van der Waals surface area contributed by atoms with Gasteiger partial charge in [0.2, 0.25) is 0 Å². The SMILES string of the molecule is CC1=CCC(OC(C)C)(C(C)(C)C2=[C]([Ti+2])CC=C2)C(C(C)(C)C)=C1.[Cl-].[Cl-]. The van der Waals surface area contributed by atoms with Crippen LogP contribution in [0.3, 0.4) is 0 Å². The number of ether oxygens (including phenoxy) is 1. The van der Waals surface area contributed by atoms with Gasteiger partial charge < -0.3 is 24.8 Å². The molecule has 0 aliphatic heterocycles. The molecule has 1 atom stereocenters. The van der Waals surface area contributed by atoms with Crippen LogP contribution in [0.1, 0.15) is 68.2 Å². The average molecular weight is 432 g/mol. The van der Waals surface area contributed by atoms with Crippen LogP contribution in [0.2, 0.25) is 0 Å². The maximum Gasteiger partial charge on any atom is -1.00 e. The van der Waals surface area contributed by atoms with Gasteiger partial charge in [-0.1, -0.05) is 0 Å². The molecule has 0 fully saturated rings. The van der Waals surface area contributed by atoms with Gasteiger partial charge in [0.25, 0.3) is 0 Å². The fourth-order valence-corrected chi connectivity index (χ4v) is 5.00. The van der Waals surface area contributed by atoms with Crippen LogP contribution in [0.25, 0.3) is 0 Å².